The second-order valence-corrected chi connectivity index (χ2v) is 2.46. The first-order valence-electron chi connectivity index (χ1n) is 4.08. The molecule has 0 aromatic carbocycles. The lowest BCUT2D eigenvalue weighted by atomic mass is 10.1. The molecule has 0 unspecified atom stereocenters. The number of rotatable bonds is 4. The Bertz CT molecular complexity index is 282. The maximum atomic E-state index is 11.0. The second kappa shape index (κ2) is 6.00. The molecule has 70 valence electrons. The highest BCUT2D eigenvalue weighted by atomic mass is 16.1. The standard InChI is InChI=1S/C11H15NO/c1-4-7-9(5-2)8-10(12)11(13)6-3/h4-8H,3,12H2,1-2H3/b7-4-,9-5+,10-8+. The van der Waals surface area contributed by atoms with Crippen LogP contribution in [-0.4, -0.2) is 5.78 Å². The zero-order valence-corrected chi connectivity index (χ0v) is 8.08. The van der Waals surface area contributed by atoms with E-state index in [9.17, 15) is 4.79 Å². The lowest BCUT2D eigenvalue weighted by Gasteiger charge is -1.96. The van der Waals surface area contributed by atoms with Crippen LogP contribution in [0.3, 0.4) is 0 Å². The van der Waals surface area contributed by atoms with Gasteiger partial charge in [0, 0.05) is 0 Å². The summed E-state index contributed by atoms with van der Waals surface area (Å²) < 4.78 is 0. The monoisotopic (exact) mass is 177 g/mol. The highest BCUT2D eigenvalue weighted by Crippen LogP contribution is 2.02. The maximum Gasteiger partial charge on any atom is 0.200 e. The van der Waals surface area contributed by atoms with Crippen LogP contribution in [0.5, 0.6) is 0 Å². The molecular formula is C11H15NO. The minimum absolute atomic E-state index is 0.209. The third kappa shape index (κ3) is 4.11. The Morgan fingerprint density at radius 3 is 2.38 bits per heavy atom. The molecule has 0 fully saturated rings. The Morgan fingerprint density at radius 2 is 2.00 bits per heavy atom. The summed E-state index contributed by atoms with van der Waals surface area (Å²) in [6.07, 6.45) is 8.47. The highest BCUT2D eigenvalue weighted by Gasteiger charge is 1.98. The van der Waals surface area contributed by atoms with E-state index < -0.39 is 0 Å². The Kier molecular flexibility index (Phi) is 5.28. The first-order chi connectivity index (χ1) is 6.15. The number of hydrogen-bond acceptors (Lipinski definition) is 2. The topological polar surface area (TPSA) is 43.1 Å². The van der Waals surface area contributed by atoms with E-state index in [4.69, 9.17) is 5.73 Å². The van der Waals surface area contributed by atoms with Crippen molar-refractivity contribution in [1.29, 1.82) is 0 Å². The smallest absolute Gasteiger partial charge is 0.200 e. The third-order valence-electron chi connectivity index (χ3n) is 1.48. The van der Waals surface area contributed by atoms with Gasteiger partial charge in [-0.3, -0.25) is 4.79 Å². The van der Waals surface area contributed by atoms with Gasteiger partial charge in [-0.15, -0.1) is 0 Å². The highest BCUT2D eigenvalue weighted by molar-refractivity contribution is 6.03. The van der Waals surface area contributed by atoms with Crippen LogP contribution in [-0.2, 0) is 4.79 Å². The third-order valence-corrected chi connectivity index (χ3v) is 1.48. The quantitative estimate of drug-likeness (QED) is 0.528. The molecule has 0 saturated carbocycles. The predicted molar refractivity (Wildman–Crippen MR) is 56.0 cm³/mol. The van der Waals surface area contributed by atoms with Gasteiger partial charge in [0.15, 0.2) is 0 Å². The fraction of sp³-hybridized carbons (Fsp3) is 0.182. The summed E-state index contributed by atoms with van der Waals surface area (Å²) >= 11 is 0. The largest absolute Gasteiger partial charge is 0.396 e. The van der Waals surface area contributed by atoms with Gasteiger partial charge in [-0.25, -0.2) is 0 Å². The molecule has 0 rings (SSSR count). The van der Waals surface area contributed by atoms with Crippen molar-refractivity contribution in [3.8, 4) is 0 Å². The number of nitrogens with two attached hydrogens (primary N) is 1. The van der Waals surface area contributed by atoms with Crippen molar-refractivity contribution in [2.75, 3.05) is 0 Å². The lowest BCUT2D eigenvalue weighted by molar-refractivity contribution is -0.111. The molecule has 13 heavy (non-hydrogen) atoms. The van der Waals surface area contributed by atoms with Crippen LogP contribution in [0, 0.1) is 0 Å². The van der Waals surface area contributed by atoms with Gasteiger partial charge in [0.05, 0.1) is 5.70 Å². The summed E-state index contributed by atoms with van der Waals surface area (Å²) in [7, 11) is 0. The average molecular weight is 177 g/mol. The molecule has 0 amide bonds. The van der Waals surface area contributed by atoms with Crippen LogP contribution in [0.15, 0.2) is 48.2 Å². The summed E-state index contributed by atoms with van der Waals surface area (Å²) in [5.74, 6) is -0.246. The van der Waals surface area contributed by atoms with E-state index in [-0.39, 0.29) is 11.5 Å². The number of hydrogen-bond donors (Lipinski definition) is 1. The normalized spacial score (nSPS) is 13.4. The van der Waals surface area contributed by atoms with Crippen molar-refractivity contribution in [2.24, 2.45) is 5.73 Å². The Labute approximate surface area is 79.1 Å². The molecule has 0 saturated heterocycles. The minimum atomic E-state index is -0.246. The van der Waals surface area contributed by atoms with Crippen LogP contribution in [0.4, 0.5) is 0 Å². The van der Waals surface area contributed by atoms with E-state index in [1.54, 1.807) is 6.08 Å². The molecule has 2 nitrogen and oxygen atoms in total. The summed E-state index contributed by atoms with van der Waals surface area (Å²) in [6, 6.07) is 0. The summed E-state index contributed by atoms with van der Waals surface area (Å²) in [5, 5.41) is 0. The first-order valence-corrected chi connectivity index (χ1v) is 4.08. The molecular weight excluding hydrogens is 162 g/mol. The molecule has 0 spiro atoms. The SMILES string of the molecule is C=CC(=O)\C(N)=C/C(/C=C\C)=C/C. The van der Waals surface area contributed by atoms with Gasteiger partial charge in [0.2, 0.25) is 5.78 Å². The van der Waals surface area contributed by atoms with Gasteiger partial charge in [-0.05, 0) is 31.6 Å². The molecule has 0 aliphatic rings. The molecule has 0 radical (unpaired) electrons. The van der Waals surface area contributed by atoms with E-state index >= 15 is 0 Å². The summed E-state index contributed by atoms with van der Waals surface area (Å²) in [6.45, 7) is 7.14. The molecule has 0 bridgehead atoms. The van der Waals surface area contributed by atoms with Gasteiger partial charge in [-0.1, -0.05) is 24.8 Å². The second-order valence-electron chi connectivity index (χ2n) is 2.46. The predicted octanol–water partition coefficient (Wildman–Crippen LogP) is 2.11. The van der Waals surface area contributed by atoms with Crippen molar-refractivity contribution >= 4 is 5.78 Å². The van der Waals surface area contributed by atoms with Crippen molar-refractivity contribution in [3.05, 3.63) is 48.2 Å². The molecule has 0 heterocycles. The first kappa shape index (κ1) is 11.4. The van der Waals surface area contributed by atoms with Gasteiger partial charge in [0.25, 0.3) is 0 Å². The number of ketones is 1. The van der Waals surface area contributed by atoms with Crippen molar-refractivity contribution in [3.63, 3.8) is 0 Å². The van der Waals surface area contributed by atoms with Crippen LogP contribution >= 0.6 is 0 Å². The summed E-state index contributed by atoms with van der Waals surface area (Å²) in [4.78, 5) is 11.0. The average Bonchev–Trinajstić information content (AvgIpc) is 2.15. The Balaban J connectivity index is 4.71. The zero-order chi connectivity index (χ0) is 10.3. The van der Waals surface area contributed by atoms with Crippen LogP contribution in [0.1, 0.15) is 13.8 Å². The van der Waals surface area contributed by atoms with Crippen LogP contribution < -0.4 is 5.73 Å². The Morgan fingerprint density at radius 1 is 1.38 bits per heavy atom. The minimum Gasteiger partial charge on any atom is -0.396 e. The van der Waals surface area contributed by atoms with E-state index in [1.807, 2.05) is 32.1 Å². The molecule has 0 atom stereocenters. The molecule has 2 heteroatoms. The Hall–Kier alpha value is -1.57. The van der Waals surface area contributed by atoms with E-state index in [1.165, 1.54) is 6.08 Å². The van der Waals surface area contributed by atoms with E-state index in [2.05, 4.69) is 6.58 Å². The van der Waals surface area contributed by atoms with Gasteiger partial charge < -0.3 is 5.73 Å². The number of carbonyl (C=O) groups is 1. The van der Waals surface area contributed by atoms with Gasteiger partial charge >= 0.3 is 0 Å². The maximum absolute atomic E-state index is 11.0. The van der Waals surface area contributed by atoms with Crippen LogP contribution in [0.25, 0.3) is 0 Å². The fourth-order valence-electron chi connectivity index (χ4n) is 0.789. The van der Waals surface area contributed by atoms with E-state index in [0.717, 1.165) is 5.57 Å². The van der Waals surface area contributed by atoms with Crippen molar-refractivity contribution in [2.45, 2.75) is 13.8 Å². The van der Waals surface area contributed by atoms with Gasteiger partial charge in [-0.2, -0.15) is 0 Å². The molecule has 0 aromatic heterocycles. The zero-order valence-electron chi connectivity index (χ0n) is 8.08. The number of allylic oxidation sites excluding steroid dienone is 6. The van der Waals surface area contributed by atoms with Crippen molar-refractivity contribution in [1.82, 2.24) is 0 Å². The van der Waals surface area contributed by atoms with Gasteiger partial charge in [0.1, 0.15) is 0 Å². The van der Waals surface area contributed by atoms with E-state index in [0.29, 0.717) is 0 Å². The lowest BCUT2D eigenvalue weighted by Crippen LogP contribution is -2.08. The van der Waals surface area contributed by atoms with Crippen LogP contribution in [0.2, 0.25) is 0 Å². The number of carbonyl (C=O) groups excluding carboxylic acids is 1. The molecule has 2 N–H and O–H groups in total. The fourth-order valence-corrected chi connectivity index (χ4v) is 0.789. The van der Waals surface area contributed by atoms with Crippen molar-refractivity contribution < 1.29 is 4.79 Å². The molecule has 0 aliphatic heterocycles. The summed E-state index contributed by atoms with van der Waals surface area (Å²) in [5.41, 5.74) is 6.62. The molecule has 0 aliphatic carbocycles. The molecule has 0 aromatic rings.